The van der Waals surface area contributed by atoms with E-state index in [1.165, 1.54) is 23.8 Å². The quantitative estimate of drug-likeness (QED) is 0.902. The Labute approximate surface area is 119 Å². The highest BCUT2D eigenvalue weighted by Crippen LogP contribution is 2.41. The maximum atomic E-state index is 11.5. The van der Waals surface area contributed by atoms with E-state index in [0.29, 0.717) is 5.92 Å². The van der Waals surface area contributed by atoms with Crippen LogP contribution in [0.4, 0.5) is 0 Å². The minimum Gasteiger partial charge on any atom is -0.497 e. The van der Waals surface area contributed by atoms with E-state index >= 15 is 0 Å². The van der Waals surface area contributed by atoms with E-state index in [0.717, 1.165) is 5.75 Å². The summed E-state index contributed by atoms with van der Waals surface area (Å²) in [5.74, 6) is 1.62. The third kappa shape index (κ3) is 3.04. The van der Waals surface area contributed by atoms with Crippen LogP contribution in [-0.2, 0) is 9.84 Å². The summed E-state index contributed by atoms with van der Waals surface area (Å²) in [5, 5.41) is 4.80. The number of hydrogen-bond acceptors (Lipinski definition) is 4. The maximum Gasteiger partial charge on any atom is 0.173 e. The lowest BCUT2D eigenvalue weighted by atomic mass is 10.0. The van der Waals surface area contributed by atoms with Gasteiger partial charge in [0.05, 0.1) is 12.9 Å². The Balaban J connectivity index is 1.74. The van der Waals surface area contributed by atoms with Gasteiger partial charge in [-0.05, 0) is 36.5 Å². The average molecular weight is 293 g/mol. The van der Waals surface area contributed by atoms with Crippen LogP contribution >= 0.6 is 0 Å². The highest BCUT2D eigenvalue weighted by atomic mass is 32.2. The maximum absolute atomic E-state index is 11.5. The van der Waals surface area contributed by atoms with Gasteiger partial charge in [0.2, 0.25) is 0 Å². The normalized spacial score (nSPS) is 25.6. The van der Waals surface area contributed by atoms with Gasteiger partial charge in [0.15, 0.2) is 9.84 Å². The highest BCUT2D eigenvalue weighted by Gasteiger charge is 2.34. The van der Waals surface area contributed by atoms with E-state index < -0.39 is 9.84 Å². The molecule has 3 rings (SSSR count). The molecule has 0 saturated heterocycles. The van der Waals surface area contributed by atoms with Crippen molar-refractivity contribution in [2.75, 3.05) is 12.9 Å². The van der Waals surface area contributed by atoms with Crippen LogP contribution in [0.25, 0.3) is 0 Å². The van der Waals surface area contributed by atoms with Crippen LogP contribution in [0.2, 0.25) is 0 Å². The monoisotopic (exact) mass is 293 g/mol. The van der Waals surface area contributed by atoms with E-state index in [2.05, 4.69) is 17.4 Å². The Morgan fingerprint density at radius 3 is 2.45 bits per heavy atom. The fraction of sp³-hybridized carbons (Fsp3) is 0.467. The molecule has 1 saturated carbocycles. The third-order valence-electron chi connectivity index (χ3n) is 3.89. The van der Waals surface area contributed by atoms with Crippen molar-refractivity contribution in [1.29, 1.82) is 0 Å². The summed E-state index contributed by atoms with van der Waals surface area (Å²) in [6, 6.07) is 8.17. The molecule has 1 fully saturated rings. The number of nitrogens with one attached hydrogen (secondary N) is 1. The summed E-state index contributed by atoms with van der Waals surface area (Å²) in [7, 11) is -1.35. The molecule has 2 atom stereocenters. The van der Waals surface area contributed by atoms with Crippen LogP contribution in [0.15, 0.2) is 35.7 Å². The van der Waals surface area contributed by atoms with Gasteiger partial charge >= 0.3 is 0 Å². The molecule has 0 amide bonds. The van der Waals surface area contributed by atoms with Crippen LogP contribution in [0.1, 0.15) is 24.4 Å². The van der Waals surface area contributed by atoms with Crippen LogP contribution in [0.3, 0.4) is 0 Å². The first kappa shape index (κ1) is 13.6. The first-order chi connectivity index (χ1) is 9.57. The summed E-state index contributed by atoms with van der Waals surface area (Å²) in [6.45, 7) is 0. The molecule has 1 aliphatic heterocycles. The van der Waals surface area contributed by atoms with Crippen molar-refractivity contribution in [3.05, 3.63) is 41.3 Å². The molecule has 1 heterocycles. The molecule has 0 spiro atoms. The van der Waals surface area contributed by atoms with Crippen LogP contribution in [-0.4, -0.2) is 27.3 Å². The molecule has 0 aromatic heterocycles. The van der Waals surface area contributed by atoms with Gasteiger partial charge in [0.1, 0.15) is 5.75 Å². The lowest BCUT2D eigenvalue weighted by Crippen LogP contribution is -2.34. The summed E-state index contributed by atoms with van der Waals surface area (Å²) >= 11 is 0. The van der Waals surface area contributed by atoms with Crippen molar-refractivity contribution in [2.45, 2.75) is 24.9 Å². The molecule has 2 aliphatic rings. The Kier molecular flexibility index (Phi) is 3.56. The van der Waals surface area contributed by atoms with Gasteiger partial charge in [-0.3, -0.25) is 0 Å². The molecule has 1 N–H and O–H groups in total. The molecule has 4 nitrogen and oxygen atoms in total. The Morgan fingerprint density at radius 1 is 1.25 bits per heavy atom. The molecule has 20 heavy (non-hydrogen) atoms. The second-order valence-electron chi connectivity index (χ2n) is 5.52. The molecule has 1 aliphatic carbocycles. The molecule has 0 radical (unpaired) electrons. The lowest BCUT2D eigenvalue weighted by molar-refractivity contribution is 0.413. The highest BCUT2D eigenvalue weighted by molar-refractivity contribution is 7.94. The van der Waals surface area contributed by atoms with Crippen molar-refractivity contribution in [1.82, 2.24) is 5.32 Å². The van der Waals surface area contributed by atoms with Crippen molar-refractivity contribution in [3.8, 4) is 5.75 Å². The molecule has 108 valence electrons. The number of ether oxygens (including phenoxy) is 1. The first-order valence-corrected chi connectivity index (χ1v) is 8.60. The predicted octanol–water partition coefficient (Wildman–Crippen LogP) is 2.05. The van der Waals surface area contributed by atoms with Crippen LogP contribution in [0, 0.1) is 5.92 Å². The molecule has 1 aromatic carbocycles. The summed E-state index contributed by atoms with van der Waals surface area (Å²) in [5.41, 5.74) is 1.20. The molecular weight excluding hydrogens is 274 g/mol. The average Bonchev–Trinajstić information content (AvgIpc) is 3.21. The van der Waals surface area contributed by atoms with Gasteiger partial charge in [-0.15, -0.1) is 0 Å². The second kappa shape index (κ2) is 5.22. The summed E-state index contributed by atoms with van der Waals surface area (Å²) in [6.07, 6.45) is 4.16. The van der Waals surface area contributed by atoms with Gasteiger partial charge in [-0.1, -0.05) is 18.2 Å². The predicted molar refractivity (Wildman–Crippen MR) is 78.3 cm³/mol. The lowest BCUT2D eigenvalue weighted by Gasteiger charge is -2.22. The van der Waals surface area contributed by atoms with Crippen molar-refractivity contribution in [3.63, 3.8) is 0 Å². The first-order valence-electron chi connectivity index (χ1n) is 6.88. The van der Waals surface area contributed by atoms with E-state index in [4.69, 9.17) is 4.74 Å². The van der Waals surface area contributed by atoms with Crippen LogP contribution < -0.4 is 10.1 Å². The zero-order valence-electron chi connectivity index (χ0n) is 11.5. The molecule has 5 heteroatoms. The fourth-order valence-corrected chi connectivity index (χ4v) is 3.90. The van der Waals surface area contributed by atoms with E-state index in [1.54, 1.807) is 13.2 Å². The van der Waals surface area contributed by atoms with Crippen LogP contribution in [0.5, 0.6) is 5.75 Å². The number of methoxy groups -OCH3 is 1. The SMILES string of the molecule is COc1ccc(C(NC2C=CS(=O)(=O)C2)C2CC2)cc1. The largest absolute Gasteiger partial charge is 0.497 e. The van der Waals surface area contributed by atoms with Crippen molar-refractivity contribution in [2.24, 2.45) is 5.92 Å². The number of hydrogen-bond donors (Lipinski definition) is 1. The standard InChI is InChI=1S/C15H19NO3S/c1-19-14-6-4-12(5-7-14)15(11-2-3-11)16-13-8-9-20(17,18)10-13/h4-9,11,13,15-16H,2-3,10H2,1H3. The molecule has 1 aromatic rings. The molecule has 0 bridgehead atoms. The van der Waals surface area contributed by atoms with Crippen molar-refractivity contribution >= 4 is 9.84 Å². The van der Waals surface area contributed by atoms with Crippen molar-refractivity contribution < 1.29 is 13.2 Å². The molecule has 2 unspecified atom stereocenters. The number of sulfone groups is 1. The topological polar surface area (TPSA) is 55.4 Å². The van der Waals surface area contributed by atoms with E-state index in [9.17, 15) is 8.42 Å². The van der Waals surface area contributed by atoms with Gasteiger partial charge in [-0.2, -0.15) is 0 Å². The fourth-order valence-electron chi connectivity index (χ4n) is 2.66. The van der Waals surface area contributed by atoms with E-state index in [1.807, 2.05) is 12.1 Å². The minimum atomic E-state index is -3.00. The van der Waals surface area contributed by atoms with Gasteiger partial charge in [0, 0.05) is 17.5 Å². The summed E-state index contributed by atoms with van der Waals surface area (Å²) < 4.78 is 28.1. The van der Waals surface area contributed by atoms with Gasteiger partial charge in [-0.25, -0.2) is 8.42 Å². The van der Waals surface area contributed by atoms with Gasteiger partial charge < -0.3 is 10.1 Å². The smallest absolute Gasteiger partial charge is 0.173 e. The summed E-state index contributed by atoms with van der Waals surface area (Å²) in [4.78, 5) is 0. The Hall–Kier alpha value is -1.33. The second-order valence-corrected chi connectivity index (χ2v) is 7.45. The number of benzene rings is 1. The molecular formula is C15H19NO3S. The zero-order chi connectivity index (χ0) is 14.2. The third-order valence-corrected chi connectivity index (χ3v) is 5.29. The minimum absolute atomic E-state index is 0.0762. The Bertz CT molecular complexity index is 603. The van der Waals surface area contributed by atoms with Gasteiger partial charge in [0.25, 0.3) is 0 Å². The zero-order valence-corrected chi connectivity index (χ0v) is 12.3. The Morgan fingerprint density at radius 2 is 1.95 bits per heavy atom. The van der Waals surface area contributed by atoms with E-state index in [-0.39, 0.29) is 17.8 Å². The number of rotatable bonds is 5.